The molecule has 23 heavy (non-hydrogen) atoms. The average Bonchev–Trinajstić information content (AvgIpc) is 2.48. The highest BCUT2D eigenvalue weighted by molar-refractivity contribution is 7.90. The Bertz CT molecular complexity index is 821. The predicted molar refractivity (Wildman–Crippen MR) is 83.0 cm³/mol. The van der Waals surface area contributed by atoms with Crippen LogP contribution in [-0.2, 0) is 14.6 Å². The van der Waals surface area contributed by atoms with E-state index in [0.29, 0.717) is 5.69 Å². The Labute approximate surface area is 132 Å². The lowest BCUT2D eigenvalue weighted by Crippen LogP contribution is -2.22. The zero-order valence-corrected chi connectivity index (χ0v) is 13.0. The summed E-state index contributed by atoms with van der Waals surface area (Å²) in [4.78, 5) is 11.9. The number of anilines is 2. The minimum atomic E-state index is -3.31. The van der Waals surface area contributed by atoms with E-state index < -0.39 is 27.4 Å². The molecule has 0 aliphatic heterocycles. The van der Waals surface area contributed by atoms with Crippen LogP contribution in [0.25, 0.3) is 0 Å². The maximum atomic E-state index is 13.4. The summed E-state index contributed by atoms with van der Waals surface area (Å²) in [5.41, 5.74) is 0.275. The summed E-state index contributed by atoms with van der Waals surface area (Å²) in [5, 5.41) is 5.00. The average molecular weight is 340 g/mol. The molecular weight excluding hydrogens is 326 g/mol. The van der Waals surface area contributed by atoms with Crippen molar-refractivity contribution in [2.45, 2.75) is 4.90 Å². The number of hydrogen-bond donors (Lipinski definition) is 2. The standard InChI is InChI=1S/C15H14F2N2O3S/c1-23(21,22)12-5-3-11(4-6-12)19-15(20)9-18-14-8-10(16)2-7-13(14)17/h2-8,18H,9H2,1H3,(H,19,20). The van der Waals surface area contributed by atoms with E-state index in [0.717, 1.165) is 24.5 Å². The van der Waals surface area contributed by atoms with Gasteiger partial charge in [-0.3, -0.25) is 4.79 Å². The van der Waals surface area contributed by atoms with Crippen LogP contribution in [0, 0.1) is 11.6 Å². The van der Waals surface area contributed by atoms with Crippen molar-refractivity contribution >= 4 is 27.1 Å². The van der Waals surface area contributed by atoms with Gasteiger partial charge in [-0.25, -0.2) is 17.2 Å². The second-order valence-corrected chi connectivity index (χ2v) is 6.84. The first-order valence-corrected chi connectivity index (χ1v) is 8.44. The molecule has 8 heteroatoms. The molecule has 0 aromatic heterocycles. The lowest BCUT2D eigenvalue weighted by Gasteiger charge is -2.09. The molecule has 2 aromatic carbocycles. The van der Waals surface area contributed by atoms with Gasteiger partial charge < -0.3 is 10.6 Å². The van der Waals surface area contributed by atoms with Crippen molar-refractivity contribution in [3.05, 3.63) is 54.1 Å². The molecule has 0 radical (unpaired) electrons. The molecule has 0 unspecified atom stereocenters. The molecule has 122 valence electrons. The van der Waals surface area contributed by atoms with Crippen LogP contribution in [0.2, 0.25) is 0 Å². The molecule has 2 N–H and O–H groups in total. The summed E-state index contributed by atoms with van der Waals surface area (Å²) in [5.74, 6) is -1.77. The lowest BCUT2D eigenvalue weighted by molar-refractivity contribution is -0.114. The van der Waals surface area contributed by atoms with Gasteiger partial charge in [0.2, 0.25) is 5.91 Å². The van der Waals surface area contributed by atoms with Gasteiger partial charge in [0.05, 0.1) is 17.1 Å². The van der Waals surface area contributed by atoms with Crippen LogP contribution in [0.15, 0.2) is 47.4 Å². The van der Waals surface area contributed by atoms with Gasteiger partial charge in [0.15, 0.2) is 9.84 Å². The third-order valence-electron chi connectivity index (χ3n) is 2.93. The maximum Gasteiger partial charge on any atom is 0.243 e. The van der Waals surface area contributed by atoms with Crippen molar-refractivity contribution in [3.63, 3.8) is 0 Å². The van der Waals surface area contributed by atoms with Gasteiger partial charge in [0.25, 0.3) is 0 Å². The van der Waals surface area contributed by atoms with E-state index in [2.05, 4.69) is 10.6 Å². The highest BCUT2D eigenvalue weighted by Crippen LogP contribution is 2.16. The van der Waals surface area contributed by atoms with Crippen molar-refractivity contribution in [1.82, 2.24) is 0 Å². The Morgan fingerprint density at radius 3 is 2.35 bits per heavy atom. The highest BCUT2D eigenvalue weighted by atomic mass is 32.2. The van der Waals surface area contributed by atoms with Crippen LogP contribution >= 0.6 is 0 Å². The molecule has 5 nitrogen and oxygen atoms in total. The van der Waals surface area contributed by atoms with E-state index >= 15 is 0 Å². The SMILES string of the molecule is CS(=O)(=O)c1ccc(NC(=O)CNc2cc(F)ccc2F)cc1. The highest BCUT2D eigenvalue weighted by Gasteiger charge is 2.09. The van der Waals surface area contributed by atoms with E-state index in [1.54, 1.807) is 0 Å². The predicted octanol–water partition coefficient (Wildman–Crippen LogP) is 2.42. The zero-order chi connectivity index (χ0) is 17.0. The molecule has 0 saturated heterocycles. The Morgan fingerprint density at radius 2 is 1.74 bits per heavy atom. The van der Waals surface area contributed by atoms with Crippen molar-refractivity contribution in [2.75, 3.05) is 23.4 Å². The molecule has 0 heterocycles. The third-order valence-corrected chi connectivity index (χ3v) is 4.06. The number of carbonyl (C=O) groups is 1. The summed E-state index contributed by atoms with van der Waals surface area (Å²) >= 11 is 0. The number of halogens is 2. The summed E-state index contributed by atoms with van der Waals surface area (Å²) in [7, 11) is -3.31. The second-order valence-electron chi connectivity index (χ2n) is 4.82. The van der Waals surface area contributed by atoms with Crippen molar-refractivity contribution in [1.29, 1.82) is 0 Å². The fraction of sp³-hybridized carbons (Fsp3) is 0.133. The Hall–Kier alpha value is -2.48. The van der Waals surface area contributed by atoms with E-state index in [1.807, 2.05) is 0 Å². The van der Waals surface area contributed by atoms with Crippen LogP contribution in [0.1, 0.15) is 0 Å². The van der Waals surface area contributed by atoms with Gasteiger partial charge >= 0.3 is 0 Å². The van der Waals surface area contributed by atoms with E-state index in [1.165, 1.54) is 24.3 Å². The summed E-state index contributed by atoms with van der Waals surface area (Å²) in [6.45, 7) is -0.270. The molecule has 2 rings (SSSR count). The number of sulfone groups is 1. The topological polar surface area (TPSA) is 75.3 Å². The zero-order valence-electron chi connectivity index (χ0n) is 12.1. The largest absolute Gasteiger partial charge is 0.374 e. The molecule has 0 atom stereocenters. The molecular formula is C15H14F2N2O3S. The molecule has 0 fully saturated rings. The normalized spacial score (nSPS) is 11.1. The van der Waals surface area contributed by atoms with Crippen LogP contribution in [0.5, 0.6) is 0 Å². The number of benzene rings is 2. The van der Waals surface area contributed by atoms with E-state index in [-0.39, 0.29) is 17.1 Å². The summed E-state index contributed by atoms with van der Waals surface area (Å²) in [6.07, 6.45) is 1.08. The Kier molecular flexibility index (Phi) is 4.95. The minimum absolute atomic E-state index is 0.118. The van der Waals surface area contributed by atoms with Crippen LogP contribution in [0.4, 0.5) is 20.2 Å². The Morgan fingerprint density at radius 1 is 1.09 bits per heavy atom. The minimum Gasteiger partial charge on any atom is -0.374 e. The van der Waals surface area contributed by atoms with Gasteiger partial charge in [-0.05, 0) is 42.5 Å². The third kappa shape index (κ3) is 4.75. The fourth-order valence-electron chi connectivity index (χ4n) is 1.80. The lowest BCUT2D eigenvalue weighted by atomic mass is 10.3. The first kappa shape index (κ1) is 16.9. The Balaban J connectivity index is 1.96. The van der Waals surface area contributed by atoms with Crippen LogP contribution < -0.4 is 10.6 Å². The van der Waals surface area contributed by atoms with Crippen LogP contribution in [-0.4, -0.2) is 27.1 Å². The number of nitrogens with one attached hydrogen (secondary N) is 2. The molecule has 2 aromatic rings. The molecule has 0 aliphatic rings. The van der Waals surface area contributed by atoms with Gasteiger partial charge in [-0.2, -0.15) is 0 Å². The molecule has 0 bridgehead atoms. The van der Waals surface area contributed by atoms with Gasteiger partial charge in [0.1, 0.15) is 11.6 Å². The summed E-state index contributed by atoms with van der Waals surface area (Å²) < 4.78 is 49.0. The molecule has 1 amide bonds. The second kappa shape index (κ2) is 6.74. The molecule has 0 saturated carbocycles. The fourth-order valence-corrected chi connectivity index (χ4v) is 2.43. The first-order chi connectivity index (χ1) is 10.8. The van der Waals surface area contributed by atoms with Gasteiger partial charge in [-0.1, -0.05) is 0 Å². The van der Waals surface area contributed by atoms with E-state index in [4.69, 9.17) is 0 Å². The quantitative estimate of drug-likeness (QED) is 0.876. The molecule has 0 spiro atoms. The van der Waals surface area contributed by atoms with Gasteiger partial charge in [0, 0.05) is 11.9 Å². The number of amides is 1. The monoisotopic (exact) mass is 340 g/mol. The van der Waals surface area contributed by atoms with E-state index in [9.17, 15) is 22.0 Å². The number of hydrogen-bond acceptors (Lipinski definition) is 4. The summed E-state index contributed by atoms with van der Waals surface area (Å²) in [6, 6.07) is 8.50. The van der Waals surface area contributed by atoms with Crippen LogP contribution in [0.3, 0.4) is 0 Å². The maximum absolute atomic E-state index is 13.4. The smallest absolute Gasteiger partial charge is 0.243 e. The van der Waals surface area contributed by atoms with Crippen molar-refractivity contribution < 1.29 is 22.0 Å². The first-order valence-electron chi connectivity index (χ1n) is 6.54. The van der Waals surface area contributed by atoms with Crippen molar-refractivity contribution in [3.8, 4) is 0 Å². The van der Waals surface area contributed by atoms with Gasteiger partial charge in [-0.15, -0.1) is 0 Å². The number of carbonyl (C=O) groups excluding carboxylic acids is 1. The number of rotatable bonds is 5. The molecule has 0 aliphatic carbocycles. The van der Waals surface area contributed by atoms with Crippen molar-refractivity contribution in [2.24, 2.45) is 0 Å².